The van der Waals surface area contributed by atoms with Crippen molar-refractivity contribution in [3.05, 3.63) is 19.7 Å². The van der Waals surface area contributed by atoms with Gasteiger partial charge in [-0.15, -0.1) is 22.7 Å². The lowest BCUT2D eigenvalue weighted by Gasteiger charge is -2.19. The first kappa shape index (κ1) is 26.3. The predicted octanol–water partition coefficient (Wildman–Crippen LogP) is 10.8. The molecule has 0 bridgehead atoms. The molecule has 0 N–H and O–H groups in total. The molecule has 2 nitrogen and oxygen atoms in total. The molecule has 2 heterocycles. The molecule has 0 aliphatic carbocycles. The minimum atomic E-state index is 0.602. The molecule has 0 aliphatic rings. The van der Waals surface area contributed by atoms with Gasteiger partial charge in [-0.2, -0.15) is 0 Å². The van der Waals surface area contributed by atoms with Crippen LogP contribution < -0.4 is 9.47 Å². The molecule has 3 aromatic rings. The fourth-order valence-corrected chi connectivity index (χ4v) is 7.35. The minimum Gasteiger partial charge on any atom is -0.491 e. The van der Waals surface area contributed by atoms with E-state index in [0.717, 1.165) is 45.1 Å². The summed E-state index contributed by atoms with van der Waals surface area (Å²) in [7, 11) is 0. The van der Waals surface area contributed by atoms with Crippen molar-refractivity contribution >= 4 is 74.7 Å². The molecule has 0 radical (unpaired) electrons. The average molecular weight is 605 g/mol. The first-order valence-electron chi connectivity index (χ1n) is 12.1. The van der Waals surface area contributed by atoms with Crippen molar-refractivity contribution in [2.24, 2.45) is 11.8 Å². The molecule has 3 rings (SSSR count). The number of halogens is 2. The second-order valence-corrected chi connectivity index (χ2v) is 13.6. The smallest absolute Gasteiger partial charge is 0.146 e. The van der Waals surface area contributed by atoms with Crippen molar-refractivity contribution in [1.29, 1.82) is 0 Å². The van der Waals surface area contributed by atoms with Crippen LogP contribution in [0.15, 0.2) is 19.7 Å². The van der Waals surface area contributed by atoms with E-state index in [9.17, 15) is 0 Å². The summed E-state index contributed by atoms with van der Waals surface area (Å²) in [5, 5.41) is 2.34. The molecule has 6 heteroatoms. The van der Waals surface area contributed by atoms with Crippen molar-refractivity contribution in [2.45, 2.75) is 79.1 Å². The Morgan fingerprint density at radius 2 is 1.12 bits per heavy atom. The summed E-state index contributed by atoms with van der Waals surface area (Å²) in [4.78, 5) is 0. The van der Waals surface area contributed by atoms with Crippen molar-refractivity contribution in [3.63, 3.8) is 0 Å². The van der Waals surface area contributed by atoms with Gasteiger partial charge in [-0.3, -0.25) is 0 Å². The number of thiophene rings is 2. The van der Waals surface area contributed by atoms with Gasteiger partial charge in [0.25, 0.3) is 0 Å². The molecule has 0 saturated heterocycles. The third-order valence-corrected chi connectivity index (χ3v) is 9.59. The SMILES string of the molecule is CCCCC(CC)COc1c2cc(Br)sc2c(OCC(CC)CCCC)c2cc(Br)sc12. The van der Waals surface area contributed by atoms with Gasteiger partial charge < -0.3 is 9.47 Å². The van der Waals surface area contributed by atoms with Crippen LogP contribution in [-0.4, -0.2) is 13.2 Å². The number of rotatable bonds is 14. The van der Waals surface area contributed by atoms with E-state index >= 15 is 0 Å². The van der Waals surface area contributed by atoms with Gasteiger partial charge in [-0.25, -0.2) is 0 Å². The molecule has 2 aromatic heterocycles. The van der Waals surface area contributed by atoms with Gasteiger partial charge in [-0.05, 0) is 68.7 Å². The number of hydrogen-bond acceptors (Lipinski definition) is 4. The summed E-state index contributed by atoms with van der Waals surface area (Å²) in [6.07, 6.45) is 9.80. The quantitative estimate of drug-likeness (QED) is 0.182. The monoisotopic (exact) mass is 602 g/mol. The maximum Gasteiger partial charge on any atom is 0.146 e. The third-order valence-electron chi connectivity index (χ3n) is 6.32. The molecule has 2 atom stereocenters. The lowest BCUT2D eigenvalue weighted by Crippen LogP contribution is -2.12. The Morgan fingerprint density at radius 3 is 1.47 bits per heavy atom. The standard InChI is InChI=1S/C26H36Br2O2S2/c1-5-9-11-17(7-3)15-29-23-19-13-21(27)32-26(19)24(20-14-22(28)31-25(20)23)30-16-18(8-4)12-10-6-2/h13-14,17-18H,5-12,15-16H2,1-4H3. The van der Waals surface area contributed by atoms with Crippen LogP contribution in [0.4, 0.5) is 0 Å². The minimum absolute atomic E-state index is 0.602. The van der Waals surface area contributed by atoms with E-state index in [4.69, 9.17) is 9.47 Å². The topological polar surface area (TPSA) is 18.5 Å². The Kier molecular flexibility index (Phi) is 10.7. The predicted molar refractivity (Wildman–Crippen MR) is 150 cm³/mol. The molecule has 0 saturated carbocycles. The molecular formula is C26H36Br2O2S2. The number of benzene rings is 1. The lowest BCUT2D eigenvalue weighted by molar-refractivity contribution is 0.235. The summed E-state index contributed by atoms with van der Waals surface area (Å²) >= 11 is 10.9. The zero-order valence-electron chi connectivity index (χ0n) is 19.8. The third kappa shape index (κ3) is 6.43. The average Bonchev–Trinajstić information content (AvgIpc) is 3.36. The van der Waals surface area contributed by atoms with Gasteiger partial charge in [-0.1, -0.05) is 66.2 Å². The van der Waals surface area contributed by atoms with Crippen LogP contribution in [0.1, 0.15) is 79.1 Å². The maximum atomic E-state index is 6.58. The summed E-state index contributed by atoms with van der Waals surface area (Å²) < 4.78 is 17.8. The van der Waals surface area contributed by atoms with E-state index in [1.807, 2.05) is 0 Å². The largest absolute Gasteiger partial charge is 0.491 e. The van der Waals surface area contributed by atoms with Crippen LogP contribution in [0.25, 0.3) is 20.2 Å². The Morgan fingerprint density at radius 1 is 0.719 bits per heavy atom. The van der Waals surface area contributed by atoms with Crippen LogP contribution in [0.3, 0.4) is 0 Å². The molecule has 1 aromatic carbocycles. The number of fused-ring (bicyclic) bond motifs is 2. The summed E-state index contributed by atoms with van der Waals surface area (Å²) in [5.74, 6) is 3.25. The van der Waals surface area contributed by atoms with Crippen LogP contribution in [0.2, 0.25) is 0 Å². The molecule has 0 fully saturated rings. The van der Waals surface area contributed by atoms with E-state index in [1.165, 1.54) is 58.7 Å². The molecule has 0 spiro atoms. The summed E-state index contributed by atoms with van der Waals surface area (Å²) in [6.45, 7) is 10.6. The van der Waals surface area contributed by atoms with Gasteiger partial charge in [0.2, 0.25) is 0 Å². The zero-order valence-corrected chi connectivity index (χ0v) is 24.6. The maximum absolute atomic E-state index is 6.58. The van der Waals surface area contributed by atoms with E-state index < -0.39 is 0 Å². The Balaban J connectivity index is 1.96. The van der Waals surface area contributed by atoms with Gasteiger partial charge in [0.15, 0.2) is 0 Å². The van der Waals surface area contributed by atoms with Crippen LogP contribution in [0.5, 0.6) is 11.5 Å². The van der Waals surface area contributed by atoms with Gasteiger partial charge in [0, 0.05) is 10.8 Å². The van der Waals surface area contributed by atoms with Crippen LogP contribution in [0, 0.1) is 11.8 Å². The molecular weight excluding hydrogens is 568 g/mol. The molecule has 2 unspecified atom stereocenters. The van der Waals surface area contributed by atoms with Crippen molar-refractivity contribution in [1.82, 2.24) is 0 Å². The Labute approximate surface area is 218 Å². The second kappa shape index (κ2) is 13.0. The van der Waals surface area contributed by atoms with E-state index in [1.54, 1.807) is 22.7 Å². The first-order valence-corrected chi connectivity index (χ1v) is 15.3. The molecule has 0 amide bonds. The zero-order chi connectivity index (χ0) is 23.1. The van der Waals surface area contributed by atoms with Crippen molar-refractivity contribution in [3.8, 4) is 11.5 Å². The first-order chi connectivity index (χ1) is 15.5. The summed E-state index contributed by atoms with van der Waals surface area (Å²) in [6, 6.07) is 4.41. The van der Waals surface area contributed by atoms with Crippen molar-refractivity contribution in [2.75, 3.05) is 13.2 Å². The lowest BCUT2D eigenvalue weighted by atomic mass is 10.0. The normalized spacial score (nSPS) is 13.7. The Bertz CT molecular complexity index is 862. The number of unbranched alkanes of at least 4 members (excludes halogenated alkanes) is 2. The summed E-state index contributed by atoms with van der Waals surface area (Å²) in [5.41, 5.74) is 0. The van der Waals surface area contributed by atoms with Crippen LogP contribution >= 0.6 is 54.5 Å². The number of ether oxygens (including phenoxy) is 2. The highest BCUT2D eigenvalue weighted by molar-refractivity contribution is 9.11. The highest BCUT2D eigenvalue weighted by Crippen LogP contribution is 2.51. The van der Waals surface area contributed by atoms with E-state index in [2.05, 4.69) is 71.7 Å². The molecule has 32 heavy (non-hydrogen) atoms. The fraction of sp³-hybridized carbons (Fsp3) is 0.615. The fourth-order valence-electron chi connectivity index (χ4n) is 4.13. The highest BCUT2D eigenvalue weighted by atomic mass is 79.9. The number of hydrogen-bond donors (Lipinski definition) is 0. The van der Waals surface area contributed by atoms with Crippen LogP contribution in [-0.2, 0) is 0 Å². The molecule has 0 aliphatic heterocycles. The second-order valence-electron chi connectivity index (χ2n) is 8.70. The van der Waals surface area contributed by atoms with Gasteiger partial charge >= 0.3 is 0 Å². The molecule has 178 valence electrons. The van der Waals surface area contributed by atoms with Crippen molar-refractivity contribution < 1.29 is 9.47 Å². The van der Waals surface area contributed by atoms with Gasteiger partial charge in [0.05, 0.1) is 30.2 Å². The van der Waals surface area contributed by atoms with E-state index in [-0.39, 0.29) is 0 Å². The Hall–Kier alpha value is -0.300. The van der Waals surface area contributed by atoms with E-state index in [0.29, 0.717) is 11.8 Å². The highest BCUT2D eigenvalue weighted by Gasteiger charge is 2.22. The van der Waals surface area contributed by atoms with Gasteiger partial charge in [0.1, 0.15) is 11.5 Å².